The predicted octanol–water partition coefficient (Wildman–Crippen LogP) is 2.73. The number of hydrogen-bond acceptors (Lipinski definition) is 4. The maximum atomic E-state index is 12.7. The highest BCUT2D eigenvalue weighted by Gasteiger charge is 2.24. The van der Waals surface area contributed by atoms with Crippen molar-refractivity contribution in [3.8, 4) is 0 Å². The van der Waals surface area contributed by atoms with E-state index in [0.29, 0.717) is 17.9 Å². The number of benzene rings is 1. The third-order valence-electron chi connectivity index (χ3n) is 4.35. The highest BCUT2D eigenvalue weighted by molar-refractivity contribution is 7.89. The largest absolute Gasteiger partial charge is 0.281 e. The lowest BCUT2D eigenvalue weighted by Crippen LogP contribution is -2.30. The SMILES string of the molecule is Cc1n[nH]c(C)c1S(=O)(=O)NCC(Cc1ccncc1)c1ccccc1. The maximum absolute atomic E-state index is 12.7. The summed E-state index contributed by atoms with van der Waals surface area (Å²) in [5, 5.41) is 6.71. The van der Waals surface area contributed by atoms with Crippen LogP contribution in [0.25, 0.3) is 0 Å². The fraction of sp³-hybridized carbons (Fsp3) is 0.263. The number of H-pyrrole nitrogens is 1. The summed E-state index contributed by atoms with van der Waals surface area (Å²) in [6.45, 7) is 3.70. The van der Waals surface area contributed by atoms with Gasteiger partial charge in [0.05, 0.1) is 11.4 Å². The first-order valence-electron chi connectivity index (χ1n) is 8.42. The van der Waals surface area contributed by atoms with Gasteiger partial charge in [0.15, 0.2) is 0 Å². The van der Waals surface area contributed by atoms with Crippen molar-refractivity contribution in [2.45, 2.75) is 31.1 Å². The van der Waals surface area contributed by atoms with Crippen LogP contribution in [0.4, 0.5) is 0 Å². The smallest absolute Gasteiger partial charge is 0.244 e. The summed E-state index contributed by atoms with van der Waals surface area (Å²) in [6, 6.07) is 13.8. The second kappa shape index (κ2) is 7.80. The molecule has 1 aromatic carbocycles. The fourth-order valence-electron chi connectivity index (χ4n) is 3.06. The van der Waals surface area contributed by atoms with Crippen molar-refractivity contribution in [3.05, 3.63) is 77.4 Å². The van der Waals surface area contributed by atoms with E-state index in [1.165, 1.54) is 0 Å². The van der Waals surface area contributed by atoms with E-state index < -0.39 is 10.0 Å². The molecule has 2 N–H and O–H groups in total. The quantitative estimate of drug-likeness (QED) is 0.669. The van der Waals surface area contributed by atoms with Crippen LogP contribution >= 0.6 is 0 Å². The number of hydrogen-bond donors (Lipinski definition) is 2. The van der Waals surface area contributed by atoms with Gasteiger partial charge in [-0.2, -0.15) is 5.10 Å². The molecule has 2 aromatic heterocycles. The fourth-order valence-corrected chi connectivity index (χ4v) is 4.50. The monoisotopic (exact) mass is 370 g/mol. The number of nitrogens with zero attached hydrogens (tertiary/aromatic N) is 2. The van der Waals surface area contributed by atoms with Crippen LogP contribution < -0.4 is 4.72 Å². The summed E-state index contributed by atoms with van der Waals surface area (Å²) in [5.74, 6) is 0.0147. The lowest BCUT2D eigenvalue weighted by atomic mass is 9.92. The molecule has 0 aliphatic rings. The third-order valence-corrected chi connectivity index (χ3v) is 6.04. The molecule has 136 valence electrons. The van der Waals surface area contributed by atoms with Crippen LogP contribution in [-0.2, 0) is 16.4 Å². The van der Waals surface area contributed by atoms with Crippen LogP contribution in [0.1, 0.15) is 28.4 Å². The van der Waals surface area contributed by atoms with E-state index in [1.807, 2.05) is 42.5 Å². The number of sulfonamides is 1. The number of rotatable bonds is 7. The Hall–Kier alpha value is -2.51. The van der Waals surface area contributed by atoms with Crippen molar-refractivity contribution < 1.29 is 8.42 Å². The third kappa shape index (κ3) is 4.17. The summed E-state index contributed by atoms with van der Waals surface area (Å²) >= 11 is 0. The van der Waals surface area contributed by atoms with E-state index in [-0.39, 0.29) is 10.8 Å². The van der Waals surface area contributed by atoms with Gasteiger partial charge in [-0.3, -0.25) is 10.1 Å². The lowest BCUT2D eigenvalue weighted by Gasteiger charge is -2.18. The summed E-state index contributed by atoms with van der Waals surface area (Å²) in [5.41, 5.74) is 3.22. The molecule has 0 aliphatic heterocycles. The standard InChI is InChI=1S/C19H22N4O2S/c1-14-19(15(2)23-22-14)26(24,25)21-13-18(17-6-4-3-5-7-17)12-16-8-10-20-11-9-16/h3-11,18,21H,12-13H2,1-2H3,(H,22,23). The van der Waals surface area contributed by atoms with E-state index in [1.54, 1.807) is 26.2 Å². The molecular weight excluding hydrogens is 348 g/mol. The van der Waals surface area contributed by atoms with Gasteiger partial charge in [0, 0.05) is 24.9 Å². The molecule has 7 heteroatoms. The van der Waals surface area contributed by atoms with E-state index in [9.17, 15) is 8.42 Å². The first kappa shape index (κ1) is 18.3. The minimum absolute atomic E-state index is 0.0147. The number of pyridine rings is 1. The van der Waals surface area contributed by atoms with Crippen molar-refractivity contribution in [3.63, 3.8) is 0 Å². The van der Waals surface area contributed by atoms with E-state index in [0.717, 1.165) is 17.5 Å². The van der Waals surface area contributed by atoms with Gasteiger partial charge in [0.2, 0.25) is 10.0 Å². The second-order valence-electron chi connectivity index (χ2n) is 6.28. The number of aromatic amines is 1. The average Bonchev–Trinajstić information content (AvgIpc) is 2.99. The van der Waals surface area contributed by atoms with Crippen LogP contribution in [-0.4, -0.2) is 30.1 Å². The van der Waals surface area contributed by atoms with Crippen LogP contribution in [0.5, 0.6) is 0 Å². The molecule has 0 saturated carbocycles. The Morgan fingerprint density at radius 2 is 1.77 bits per heavy atom. The zero-order valence-corrected chi connectivity index (χ0v) is 15.6. The molecule has 3 aromatic rings. The van der Waals surface area contributed by atoms with E-state index in [4.69, 9.17) is 0 Å². The topological polar surface area (TPSA) is 87.7 Å². The van der Waals surface area contributed by atoms with Gasteiger partial charge in [0.1, 0.15) is 4.90 Å². The van der Waals surface area contributed by atoms with Crippen LogP contribution in [0, 0.1) is 13.8 Å². The van der Waals surface area contributed by atoms with Crippen molar-refractivity contribution in [2.75, 3.05) is 6.54 Å². The van der Waals surface area contributed by atoms with Gasteiger partial charge in [-0.15, -0.1) is 0 Å². The molecule has 0 fully saturated rings. The minimum atomic E-state index is -3.63. The zero-order valence-electron chi connectivity index (χ0n) is 14.8. The van der Waals surface area contributed by atoms with Crippen molar-refractivity contribution in [1.82, 2.24) is 19.9 Å². The van der Waals surface area contributed by atoms with Gasteiger partial charge < -0.3 is 0 Å². The Morgan fingerprint density at radius 3 is 2.38 bits per heavy atom. The van der Waals surface area contributed by atoms with Crippen LogP contribution in [0.2, 0.25) is 0 Å². The first-order chi connectivity index (χ1) is 12.5. The summed E-state index contributed by atoms with van der Waals surface area (Å²) in [4.78, 5) is 4.27. The molecule has 3 rings (SSSR count). The highest BCUT2D eigenvalue weighted by atomic mass is 32.2. The van der Waals surface area contributed by atoms with E-state index >= 15 is 0 Å². The molecule has 0 spiro atoms. The number of aryl methyl sites for hydroxylation is 2. The van der Waals surface area contributed by atoms with Gasteiger partial charge in [-0.05, 0) is 43.5 Å². The van der Waals surface area contributed by atoms with Crippen molar-refractivity contribution in [2.24, 2.45) is 0 Å². The summed E-state index contributed by atoms with van der Waals surface area (Å²) in [6.07, 6.45) is 4.22. The Morgan fingerprint density at radius 1 is 1.08 bits per heavy atom. The predicted molar refractivity (Wildman–Crippen MR) is 100 cm³/mol. The average molecular weight is 370 g/mol. The Balaban J connectivity index is 1.82. The molecule has 6 nitrogen and oxygen atoms in total. The van der Waals surface area contributed by atoms with Crippen molar-refractivity contribution >= 4 is 10.0 Å². The van der Waals surface area contributed by atoms with Gasteiger partial charge in [0.25, 0.3) is 0 Å². The van der Waals surface area contributed by atoms with Crippen molar-refractivity contribution in [1.29, 1.82) is 0 Å². The molecule has 1 unspecified atom stereocenters. The summed E-state index contributed by atoms with van der Waals surface area (Å²) in [7, 11) is -3.63. The Kier molecular flexibility index (Phi) is 5.49. The molecular formula is C19H22N4O2S. The number of nitrogens with one attached hydrogen (secondary N) is 2. The molecule has 0 radical (unpaired) electrons. The zero-order chi connectivity index (χ0) is 18.6. The second-order valence-corrected chi connectivity index (χ2v) is 7.99. The van der Waals surface area contributed by atoms with Gasteiger partial charge in [-0.1, -0.05) is 30.3 Å². The molecule has 0 saturated heterocycles. The molecule has 0 amide bonds. The van der Waals surface area contributed by atoms with Crippen LogP contribution in [0.15, 0.2) is 59.8 Å². The summed E-state index contributed by atoms with van der Waals surface area (Å²) < 4.78 is 28.2. The van der Waals surface area contributed by atoms with Crippen LogP contribution in [0.3, 0.4) is 0 Å². The minimum Gasteiger partial charge on any atom is -0.281 e. The molecule has 0 aliphatic carbocycles. The number of aromatic nitrogens is 3. The Bertz CT molecular complexity index is 934. The lowest BCUT2D eigenvalue weighted by molar-refractivity contribution is 0.567. The Labute approximate surface area is 153 Å². The van der Waals surface area contributed by atoms with Gasteiger partial charge >= 0.3 is 0 Å². The molecule has 0 bridgehead atoms. The van der Waals surface area contributed by atoms with E-state index in [2.05, 4.69) is 19.9 Å². The molecule has 26 heavy (non-hydrogen) atoms. The highest BCUT2D eigenvalue weighted by Crippen LogP contribution is 2.22. The first-order valence-corrected chi connectivity index (χ1v) is 9.91. The normalized spacial score (nSPS) is 12.8. The molecule has 1 atom stereocenters. The maximum Gasteiger partial charge on any atom is 0.244 e. The van der Waals surface area contributed by atoms with Gasteiger partial charge in [-0.25, -0.2) is 13.1 Å². The molecule has 2 heterocycles.